The SMILES string of the molecule is CNC(Cc1c(F)cccc1F)C1(OC)CCCC1. The molecule has 0 aromatic heterocycles. The second-order valence-corrected chi connectivity index (χ2v) is 5.22. The molecule has 0 radical (unpaired) electrons. The number of methoxy groups -OCH3 is 1. The van der Waals surface area contributed by atoms with E-state index in [1.165, 1.54) is 18.2 Å². The van der Waals surface area contributed by atoms with Crippen molar-refractivity contribution in [1.29, 1.82) is 0 Å². The van der Waals surface area contributed by atoms with Crippen LogP contribution in [0.1, 0.15) is 31.2 Å². The summed E-state index contributed by atoms with van der Waals surface area (Å²) in [4.78, 5) is 0. The first-order valence-corrected chi connectivity index (χ1v) is 6.78. The number of hydrogen-bond donors (Lipinski definition) is 1. The highest BCUT2D eigenvalue weighted by Gasteiger charge is 2.41. The molecule has 0 heterocycles. The van der Waals surface area contributed by atoms with Crippen LogP contribution in [0.15, 0.2) is 18.2 Å². The molecule has 1 saturated carbocycles. The van der Waals surface area contributed by atoms with E-state index in [9.17, 15) is 8.78 Å². The number of hydrogen-bond acceptors (Lipinski definition) is 2. The van der Waals surface area contributed by atoms with Gasteiger partial charge in [-0.25, -0.2) is 8.78 Å². The van der Waals surface area contributed by atoms with Gasteiger partial charge in [0.25, 0.3) is 0 Å². The fourth-order valence-electron chi connectivity index (χ4n) is 3.15. The van der Waals surface area contributed by atoms with Crippen molar-refractivity contribution in [2.45, 2.75) is 43.7 Å². The van der Waals surface area contributed by atoms with Crippen LogP contribution in [0, 0.1) is 11.6 Å². The maximum atomic E-state index is 13.8. The van der Waals surface area contributed by atoms with Crippen LogP contribution in [0.5, 0.6) is 0 Å². The lowest BCUT2D eigenvalue weighted by molar-refractivity contribution is -0.0339. The van der Waals surface area contributed by atoms with Gasteiger partial charge in [-0.05, 0) is 38.4 Å². The highest BCUT2D eigenvalue weighted by molar-refractivity contribution is 5.22. The summed E-state index contributed by atoms with van der Waals surface area (Å²) in [6.45, 7) is 0. The summed E-state index contributed by atoms with van der Waals surface area (Å²) in [5.41, 5.74) is -0.158. The van der Waals surface area contributed by atoms with Gasteiger partial charge >= 0.3 is 0 Å². The lowest BCUT2D eigenvalue weighted by atomic mass is 9.87. The lowest BCUT2D eigenvalue weighted by Crippen LogP contribution is -2.50. The Morgan fingerprint density at radius 3 is 2.32 bits per heavy atom. The van der Waals surface area contributed by atoms with Crippen LogP contribution in [0.3, 0.4) is 0 Å². The van der Waals surface area contributed by atoms with Crippen molar-refractivity contribution >= 4 is 0 Å². The molecule has 2 nitrogen and oxygen atoms in total. The molecule has 0 amide bonds. The van der Waals surface area contributed by atoms with Crippen molar-refractivity contribution in [3.8, 4) is 0 Å². The molecule has 106 valence electrons. The third-order valence-electron chi connectivity index (χ3n) is 4.31. The monoisotopic (exact) mass is 269 g/mol. The van der Waals surface area contributed by atoms with Crippen molar-refractivity contribution in [2.24, 2.45) is 0 Å². The maximum Gasteiger partial charge on any atom is 0.129 e. The Bertz CT molecular complexity index is 410. The van der Waals surface area contributed by atoms with Crippen LogP contribution < -0.4 is 5.32 Å². The van der Waals surface area contributed by atoms with E-state index in [2.05, 4.69) is 5.32 Å². The second-order valence-electron chi connectivity index (χ2n) is 5.22. The van der Waals surface area contributed by atoms with Crippen molar-refractivity contribution in [2.75, 3.05) is 14.2 Å². The Hall–Kier alpha value is -1.00. The van der Waals surface area contributed by atoms with Gasteiger partial charge in [-0.15, -0.1) is 0 Å². The van der Waals surface area contributed by atoms with E-state index in [4.69, 9.17) is 4.74 Å². The molecule has 0 spiro atoms. The van der Waals surface area contributed by atoms with E-state index >= 15 is 0 Å². The minimum atomic E-state index is -0.482. The van der Waals surface area contributed by atoms with Gasteiger partial charge in [-0.1, -0.05) is 18.9 Å². The molecular weight excluding hydrogens is 248 g/mol. The number of halogens is 2. The average Bonchev–Trinajstić information content (AvgIpc) is 2.88. The fourth-order valence-corrected chi connectivity index (χ4v) is 3.15. The van der Waals surface area contributed by atoms with Crippen LogP contribution in [-0.2, 0) is 11.2 Å². The zero-order chi connectivity index (χ0) is 13.9. The molecule has 2 rings (SSSR count). The Kier molecular flexibility index (Phi) is 4.53. The van der Waals surface area contributed by atoms with Crippen LogP contribution in [0.2, 0.25) is 0 Å². The third-order valence-corrected chi connectivity index (χ3v) is 4.31. The van der Waals surface area contributed by atoms with Gasteiger partial charge in [0.1, 0.15) is 11.6 Å². The smallest absolute Gasteiger partial charge is 0.129 e. The molecule has 4 heteroatoms. The molecule has 1 aliphatic carbocycles. The first-order valence-electron chi connectivity index (χ1n) is 6.78. The number of ether oxygens (including phenoxy) is 1. The Balaban J connectivity index is 2.24. The molecular formula is C15H21F2NO. The molecule has 1 atom stereocenters. The minimum absolute atomic E-state index is 0.0774. The molecule has 1 aromatic rings. The standard InChI is InChI=1S/C15H21F2NO/c1-18-14(15(19-2)8-3-4-9-15)10-11-12(16)6-5-7-13(11)17/h5-7,14,18H,3-4,8-10H2,1-2H3. The van der Waals surface area contributed by atoms with Crippen molar-refractivity contribution < 1.29 is 13.5 Å². The summed E-state index contributed by atoms with van der Waals surface area (Å²) in [7, 11) is 3.51. The highest BCUT2D eigenvalue weighted by Crippen LogP contribution is 2.37. The van der Waals surface area contributed by atoms with Gasteiger partial charge in [-0.3, -0.25) is 0 Å². The van der Waals surface area contributed by atoms with Crippen molar-refractivity contribution in [3.05, 3.63) is 35.4 Å². The molecule has 0 saturated heterocycles. The number of nitrogens with one attached hydrogen (secondary N) is 1. The van der Waals surface area contributed by atoms with Gasteiger partial charge in [0, 0.05) is 18.7 Å². The summed E-state index contributed by atoms with van der Waals surface area (Å²) in [5, 5.41) is 3.18. The van der Waals surface area contributed by atoms with Gasteiger partial charge in [0.15, 0.2) is 0 Å². The second kappa shape index (κ2) is 5.97. The van der Waals surface area contributed by atoms with Gasteiger partial charge in [0.2, 0.25) is 0 Å². The summed E-state index contributed by atoms with van der Waals surface area (Å²) in [6.07, 6.45) is 4.39. The molecule has 1 unspecified atom stereocenters. The zero-order valence-electron chi connectivity index (χ0n) is 11.5. The molecule has 0 aliphatic heterocycles. The maximum absolute atomic E-state index is 13.8. The van der Waals surface area contributed by atoms with Gasteiger partial charge < -0.3 is 10.1 Å². The summed E-state index contributed by atoms with van der Waals surface area (Å²) < 4.78 is 33.2. The van der Waals surface area contributed by atoms with E-state index in [1.807, 2.05) is 7.05 Å². The van der Waals surface area contributed by atoms with E-state index in [0.717, 1.165) is 25.7 Å². The molecule has 1 fully saturated rings. The summed E-state index contributed by atoms with van der Waals surface area (Å²) in [6, 6.07) is 3.93. The predicted molar refractivity (Wildman–Crippen MR) is 71.1 cm³/mol. The first-order chi connectivity index (χ1) is 9.13. The molecule has 19 heavy (non-hydrogen) atoms. The normalized spacial score (nSPS) is 19.6. The zero-order valence-corrected chi connectivity index (χ0v) is 11.5. The quantitative estimate of drug-likeness (QED) is 0.887. The number of benzene rings is 1. The molecule has 1 aromatic carbocycles. The third kappa shape index (κ3) is 2.79. The number of likely N-dealkylation sites (N-methyl/N-ethyl adjacent to an activating group) is 1. The van der Waals surface area contributed by atoms with E-state index in [-0.39, 0.29) is 17.2 Å². The van der Waals surface area contributed by atoms with E-state index in [1.54, 1.807) is 7.11 Å². The lowest BCUT2D eigenvalue weighted by Gasteiger charge is -2.36. The van der Waals surface area contributed by atoms with Gasteiger partial charge in [-0.2, -0.15) is 0 Å². The van der Waals surface area contributed by atoms with E-state index < -0.39 is 11.6 Å². The molecule has 0 bridgehead atoms. The van der Waals surface area contributed by atoms with Crippen LogP contribution in [0.4, 0.5) is 8.78 Å². The number of rotatable bonds is 5. The largest absolute Gasteiger partial charge is 0.377 e. The van der Waals surface area contributed by atoms with Crippen molar-refractivity contribution in [3.63, 3.8) is 0 Å². The van der Waals surface area contributed by atoms with Crippen LogP contribution in [-0.4, -0.2) is 25.8 Å². The Labute approximate surface area is 113 Å². The topological polar surface area (TPSA) is 21.3 Å². The van der Waals surface area contributed by atoms with Crippen LogP contribution >= 0.6 is 0 Å². The first kappa shape index (κ1) is 14.4. The Morgan fingerprint density at radius 2 is 1.84 bits per heavy atom. The van der Waals surface area contributed by atoms with E-state index in [0.29, 0.717) is 6.42 Å². The van der Waals surface area contributed by atoms with Crippen molar-refractivity contribution in [1.82, 2.24) is 5.32 Å². The fraction of sp³-hybridized carbons (Fsp3) is 0.600. The molecule has 1 aliphatic rings. The minimum Gasteiger partial charge on any atom is -0.377 e. The van der Waals surface area contributed by atoms with Gasteiger partial charge in [0.05, 0.1) is 5.60 Å². The average molecular weight is 269 g/mol. The molecule has 1 N–H and O–H groups in total. The summed E-state index contributed by atoms with van der Waals surface area (Å²) in [5.74, 6) is -0.964. The predicted octanol–water partition coefficient (Wildman–Crippen LogP) is 3.05. The summed E-state index contributed by atoms with van der Waals surface area (Å²) >= 11 is 0. The Morgan fingerprint density at radius 1 is 1.26 bits per heavy atom. The highest BCUT2D eigenvalue weighted by atomic mass is 19.1. The van der Waals surface area contributed by atoms with Crippen LogP contribution in [0.25, 0.3) is 0 Å².